The maximum Gasteiger partial charge on any atom is 0.293 e. The van der Waals surface area contributed by atoms with E-state index in [0.29, 0.717) is 11.4 Å². The molecule has 0 spiro atoms. The van der Waals surface area contributed by atoms with Crippen LogP contribution < -0.4 is 10.2 Å². The summed E-state index contributed by atoms with van der Waals surface area (Å²) >= 11 is 0. The van der Waals surface area contributed by atoms with Gasteiger partial charge in [-0.25, -0.2) is 12.4 Å². The molecule has 0 bridgehead atoms. The van der Waals surface area contributed by atoms with E-state index in [9.17, 15) is 13.2 Å². The van der Waals surface area contributed by atoms with Crippen LogP contribution in [0.4, 0.5) is 5.69 Å². The molecular formula is C23H29N3O4S. The maximum atomic E-state index is 12.9. The Morgan fingerprint density at radius 3 is 2.23 bits per heavy atom. The Kier molecular flexibility index (Phi) is 7.02. The van der Waals surface area contributed by atoms with Gasteiger partial charge in [-0.2, -0.15) is 0 Å². The van der Waals surface area contributed by atoms with E-state index in [1.54, 1.807) is 30.5 Å². The molecule has 0 unspecified atom stereocenters. The predicted octanol–water partition coefficient (Wildman–Crippen LogP) is 3.25. The molecule has 2 aromatic carbocycles. The van der Waals surface area contributed by atoms with Gasteiger partial charge in [-0.1, -0.05) is 24.3 Å². The number of hydrogen-bond donors (Lipinski definition) is 1. The highest BCUT2D eigenvalue weighted by molar-refractivity contribution is 7.90. The summed E-state index contributed by atoms with van der Waals surface area (Å²) in [6, 6.07) is 16.3. The molecule has 3 aromatic rings. The van der Waals surface area contributed by atoms with E-state index in [0.717, 1.165) is 42.8 Å². The van der Waals surface area contributed by atoms with Crippen LogP contribution in [-0.2, 0) is 19.6 Å². The number of anilines is 1. The Morgan fingerprint density at radius 1 is 0.968 bits per heavy atom. The third kappa shape index (κ3) is 5.45. The van der Waals surface area contributed by atoms with Crippen molar-refractivity contribution < 1.29 is 17.9 Å². The Hall–Kier alpha value is -2.84. The van der Waals surface area contributed by atoms with Gasteiger partial charge in [0.05, 0.1) is 10.4 Å². The van der Waals surface area contributed by atoms with Gasteiger partial charge >= 0.3 is 0 Å². The molecule has 7 nitrogen and oxygen atoms in total. The van der Waals surface area contributed by atoms with Crippen LogP contribution in [-0.4, -0.2) is 50.6 Å². The molecule has 0 aliphatic carbocycles. The van der Waals surface area contributed by atoms with Gasteiger partial charge in [-0.15, -0.1) is 0 Å². The van der Waals surface area contributed by atoms with E-state index in [1.807, 2.05) is 45.0 Å². The Balaban J connectivity index is 0.000000339. The number of fused-ring (bicyclic) bond motifs is 1. The number of nitrogens with zero attached hydrogens (tertiary/aromatic N) is 2. The van der Waals surface area contributed by atoms with Gasteiger partial charge < -0.3 is 15.0 Å². The lowest BCUT2D eigenvalue weighted by molar-refractivity contribution is -0.138. The fourth-order valence-electron chi connectivity index (χ4n) is 3.37. The molecule has 1 saturated heterocycles. The maximum absolute atomic E-state index is 12.9. The summed E-state index contributed by atoms with van der Waals surface area (Å²) in [7, 11) is -3.58. The standard InChI is InChI=1S/C18H19N3O2S.C5H10O2/c22-24(23,15-5-2-1-3-6-15)21-12-9-16-17(7-4-8-18(16)21)20-13-10-19-11-14-20;1-5(2,3)7-4-6/h1-9,12,19H,10-11,13-14H2;4H,1-3H3. The number of piperazine rings is 1. The van der Waals surface area contributed by atoms with E-state index < -0.39 is 10.0 Å². The van der Waals surface area contributed by atoms with Gasteiger partial charge in [0.1, 0.15) is 5.60 Å². The minimum absolute atomic E-state index is 0.301. The second-order valence-electron chi connectivity index (χ2n) is 8.20. The Bertz CT molecular complexity index is 1110. The summed E-state index contributed by atoms with van der Waals surface area (Å²) in [4.78, 5) is 12.2. The number of aromatic nitrogens is 1. The molecule has 8 heteroatoms. The average Bonchev–Trinajstić information content (AvgIpc) is 3.20. The van der Waals surface area contributed by atoms with Crippen molar-refractivity contribution in [2.45, 2.75) is 31.3 Å². The second kappa shape index (κ2) is 9.53. The van der Waals surface area contributed by atoms with Crippen molar-refractivity contribution in [2.24, 2.45) is 0 Å². The highest BCUT2D eigenvalue weighted by Gasteiger charge is 2.21. The molecule has 1 fully saturated rings. The Labute approximate surface area is 183 Å². The van der Waals surface area contributed by atoms with Crippen LogP contribution in [0.2, 0.25) is 0 Å². The summed E-state index contributed by atoms with van der Waals surface area (Å²) in [6.07, 6.45) is 1.65. The van der Waals surface area contributed by atoms with Crippen molar-refractivity contribution in [3.05, 3.63) is 60.8 Å². The van der Waals surface area contributed by atoms with E-state index in [2.05, 4.69) is 21.0 Å². The summed E-state index contributed by atoms with van der Waals surface area (Å²) in [5.74, 6) is 0. The molecular weight excluding hydrogens is 414 g/mol. The SMILES string of the molecule is CC(C)(C)OC=O.O=S(=O)(c1ccccc1)n1ccc2c(N3CCNCC3)cccc21. The molecule has 0 saturated carbocycles. The molecule has 31 heavy (non-hydrogen) atoms. The largest absolute Gasteiger partial charge is 0.462 e. The van der Waals surface area contributed by atoms with Gasteiger partial charge in [-0.3, -0.25) is 4.79 Å². The number of carbonyl (C=O) groups is 1. The van der Waals surface area contributed by atoms with Crippen LogP contribution >= 0.6 is 0 Å². The van der Waals surface area contributed by atoms with Crippen LogP contribution in [0.25, 0.3) is 10.9 Å². The third-order valence-corrected chi connectivity index (χ3v) is 6.54. The van der Waals surface area contributed by atoms with Gasteiger partial charge in [0, 0.05) is 43.4 Å². The van der Waals surface area contributed by atoms with E-state index in [-0.39, 0.29) is 5.60 Å². The average molecular weight is 444 g/mol. The van der Waals surface area contributed by atoms with Crippen molar-refractivity contribution in [3.63, 3.8) is 0 Å². The predicted molar refractivity (Wildman–Crippen MR) is 123 cm³/mol. The number of benzene rings is 2. The monoisotopic (exact) mass is 443 g/mol. The van der Waals surface area contributed by atoms with Crippen molar-refractivity contribution in [2.75, 3.05) is 31.1 Å². The quantitative estimate of drug-likeness (QED) is 0.624. The lowest BCUT2D eigenvalue weighted by atomic mass is 10.2. The van der Waals surface area contributed by atoms with Crippen molar-refractivity contribution in [1.82, 2.24) is 9.29 Å². The molecule has 1 aliphatic heterocycles. The lowest BCUT2D eigenvalue weighted by Gasteiger charge is -2.30. The minimum atomic E-state index is -3.58. The van der Waals surface area contributed by atoms with Crippen molar-refractivity contribution in [1.29, 1.82) is 0 Å². The number of carbonyl (C=O) groups excluding carboxylic acids is 1. The lowest BCUT2D eigenvalue weighted by Crippen LogP contribution is -2.43. The van der Waals surface area contributed by atoms with Crippen LogP contribution in [0.15, 0.2) is 65.7 Å². The number of hydrogen-bond acceptors (Lipinski definition) is 6. The van der Waals surface area contributed by atoms with Crippen LogP contribution in [0.3, 0.4) is 0 Å². The number of ether oxygens (including phenoxy) is 1. The van der Waals surface area contributed by atoms with E-state index in [4.69, 9.17) is 0 Å². The zero-order valence-corrected chi connectivity index (χ0v) is 18.9. The molecule has 0 amide bonds. The normalized spacial score (nSPS) is 14.6. The van der Waals surface area contributed by atoms with E-state index >= 15 is 0 Å². The Morgan fingerprint density at radius 2 is 1.65 bits per heavy atom. The highest BCUT2D eigenvalue weighted by atomic mass is 32.2. The molecule has 4 rings (SSSR count). The van der Waals surface area contributed by atoms with Crippen molar-refractivity contribution in [3.8, 4) is 0 Å². The van der Waals surface area contributed by atoms with Crippen LogP contribution in [0.5, 0.6) is 0 Å². The summed E-state index contributed by atoms with van der Waals surface area (Å²) < 4.78 is 31.8. The van der Waals surface area contributed by atoms with Gasteiger partial charge in [-0.05, 0) is 51.1 Å². The summed E-state index contributed by atoms with van der Waals surface area (Å²) in [5, 5.41) is 4.31. The van der Waals surface area contributed by atoms with Gasteiger partial charge in [0.25, 0.3) is 16.5 Å². The molecule has 1 N–H and O–H groups in total. The first-order valence-corrected chi connectivity index (χ1v) is 11.7. The molecule has 166 valence electrons. The smallest absolute Gasteiger partial charge is 0.293 e. The molecule has 1 aromatic heterocycles. The fraction of sp³-hybridized carbons (Fsp3) is 0.348. The summed E-state index contributed by atoms with van der Waals surface area (Å²) in [5.41, 5.74) is 1.49. The highest BCUT2D eigenvalue weighted by Crippen LogP contribution is 2.30. The molecule has 2 heterocycles. The first kappa shape index (κ1) is 22.8. The number of rotatable bonds is 4. The first-order valence-electron chi connectivity index (χ1n) is 10.2. The van der Waals surface area contributed by atoms with Gasteiger partial charge in [0.2, 0.25) is 0 Å². The topological polar surface area (TPSA) is 80.6 Å². The van der Waals surface area contributed by atoms with Crippen LogP contribution in [0.1, 0.15) is 20.8 Å². The molecule has 1 aliphatic rings. The number of nitrogens with one attached hydrogen (secondary N) is 1. The van der Waals surface area contributed by atoms with Crippen molar-refractivity contribution >= 4 is 33.1 Å². The molecule has 0 radical (unpaired) electrons. The first-order chi connectivity index (χ1) is 14.7. The minimum Gasteiger partial charge on any atom is -0.462 e. The van der Waals surface area contributed by atoms with E-state index in [1.165, 1.54) is 3.97 Å². The summed E-state index contributed by atoms with van der Waals surface area (Å²) in [6.45, 7) is 9.66. The zero-order chi connectivity index (χ0) is 22.5. The van der Waals surface area contributed by atoms with Crippen LogP contribution in [0, 0.1) is 0 Å². The zero-order valence-electron chi connectivity index (χ0n) is 18.1. The second-order valence-corrected chi connectivity index (χ2v) is 10.0. The fourth-order valence-corrected chi connectivity index (χ4v) is 4.74. The van der Waals surface area contributed by atoms with Gasteiger partial charge in [0.15, 0.2) is 0 Å². The molecule has 0 atom stereocenters. The third-order valence-electron chi connectivity index (χ3n) is 4.83.